The summed E-state index contributed by atoms with van der Waals surface area (Å²) in [6.07, 6.45) is -1.22. The molecule has 1 heterocycles. The number of carboxylic acid groups (broad SMARTS) is 1. The average Bonchev–Trinajstić information content (AvgIpc) is 2.96. The molecule has 0 amide bonds. The van der Waals surface area contributed by atoms with Crippen molar-refractivity contribution < 1.29 is 23.1 Å². The van der Waals surface area contributed by atoms with Crippen molar-refractivity contribution in [1.29, 1.82) is 0 Å². The van der Waals surface area contributed by atoms with Crippen LogP contribution in [0, 0.1) is 5.41 Å². The van der Waals surface area contributed by atoms with Crippen molar-refractivity contribution in [1.82, 2.24) is 9.97 Å². The van der Waals surface area contributed by atoms with E-state index in [0.717, 1.165) is 25.2 Å². The lowest BCUT2D eigenvalue weighted by Gasteiger charge is -2.19. The summed E-state index contributed by atoms with van der Waals surface area (Å²) in [7, 11) is 0. The number of carbonyl (C=O) groups is 1. The summed E-state index contributed by atoms with van der Waals surface area (Å²) in [5.74, 6) is -3.16. The van der Waals surface area contributed by atoms with Gasteiger partial charge in [-0.1, -0.05) is 6.92 Å². The lowest BCUT2D eigenvalue weighted by atomic mass is 9.86. The summed E-state index contributed by atoms with van der Waals surface area (Å²) in [5.41, 5.74) is -0.176. The molecule has 7 heteroatoms. The van der Waals surface area contributed by atoms with E-state index in [-0.39, 0.29) is 5.56 Å². The number of halogens is 3. The Morgan fingerprint density at radius 3 is 2.22 bits per heavy atom. The minimum atomic E-state index is -4.61. The van der Waals surface area contributed by atoms with Crippen molar-refractivity contribution in [3.8, 4) is 0 Å². The van der Waals surface area contributed by atoms with Crippen LogP contribution < -0.4 is 0 Å². The number of hydrogen-bond donors (Lipinski definition) is 1. The van der Waals surface area contributed by atoms with Gasteiger partial charge < -0.3 is 5.11 Å². The molecule has 1 aliphatic rings. The fourth-order valence-corrected chi connectivity index (χ4v) is 1.96. The Morgan fingerprint density at radius 1 is 1.39 bits per heavy atom. The number of nitrogens with zero attached hydrogens (tertiary/aromatic N) is 2. The van der Waals surface area contributed by atoms with E-state index in [1.54, 1.807) is 6.92 Å². The molecule has 0 spiro atoms. The smallest absolute Gasteiger partial charge is 0.451 e. The second-order valence-corrected chi connectivity index (χ2v) is 4.76. The van der Waals surface area contributed by atoms with Crippen molar-refractivity contribution >= 4 is 5.97 Å². The second-order valence-electron chi connectivity index (χ2n) is 4.76. The number of aromatic nitrogens is 2. The maximum absolute atomic E-state index is 12.3. The molecule has 0 aromatic carbocycles. The third kappa shape index (κ3) is 2.30. The monoisotopic (exact) mass is 260 g/mol. The predicted molar refractivity (Wildman–Crippen MR) is 54.8 cm³/mol. The van der Waals surface area contributed by atoms with Gasteiger partial charge in [-0.05, 0) is 18.3 Å². The highest BCUT2D eigenvalue weighted by atomic mass is 19.4. The van der Waals surface area contributed by atoms with Gasteiger partial charge in [0.2, 0.25) is 5.82 Å². The highest BCUT2D eigenvalue weighted by Gasteiger charge is 2.49. The molecule has 0 aliphatic heterocycles. The third-order valence-corrected chi connectivity index (χ3v) is 3.24. The number of alkyl halides is 3. The Morgan fingerprint density at radius 2 is 1.89 bits per heavy atom. The van der Waals surface area contributed by atoms with Crippen LogP contribution in [0.5, 0.6) is 0 Å². The topological polar surface area (TPSA) is 63.1 Å². The maximum Gasteiger partial charge on any atom is 0.451 e. The Kier molecular flexibility index (Phi) is 2.79. The van der Waals surface area contributed by atoms with Crippen LogP contribution in [0.4, 0.5) is 13.2 Å². The quantitative estimate of drug-likeness (QED) is 0.906. The molecule has 1 atom stereocenters. The van der Waals surface area contributed by atoms with Gasteiger partial charge in [0.1, 0.15) is 0 Å². The number of hydrogen-bond acceptors (Lipinski definition) is 3. The van der Waals surface area contributed by atoms with Gasteiger partial charge in [-0.25, -0.2) is 9.97 Å². The molecule has 0 bridgehead atoms. The first-order chi connectivity index (χ1) is 8.24. The van der Waals surface area contributed by atoms with Gasteiger partial charge in [0, 0.05) is 18.0 Å². The highest BCUT2D eigenvalue weighted by Crippen LogP contribution is 2.55. The minimum Gasteiger partial charge on any atom is -0.481 e. The summed E-state index contributed by atoms with van der Waals surface area (Å²) in [5, 5.41) is 9.15. The molecule has 1 unspecified atom stereocenters. The molecule has 1 N–H and O–H groups in total. The van der Waals surface area contributed by atoms with Gasteiger partial charge in [-0.3, -0.25) is 4.79 Å². The molecule has 1 aromatic rings. The minimum absolute atomic E-state index is 0.218. The average molecular weight is 260 g/mol. The fourth-order valence-electron chi connectivity index (χ4n) is 1.96. The molecule has 0 radical (unpaired) electrons. The van der Waals surface area contributed by atoms with Gasteiger partial charge in [0.15, 0.2) is 0 Å². The molecule has 1 aromatic heterocycles. The van der Waals surface area contributed by atoms with Crippen LogP contribution in [0.1, 0.15) is 37.1 Å². The van der Waals surface area contributed by atoms with Crippen LogP contribution in [0.2, 0.25) is 0 Å². The zero-order chi connectivity index (χ0) is 13.6. The lowest BCUT2D eigenvalue weighted by molar-refractivity contribution is -0.145. The molecule has 1 saturated carbocycles. The molecule has 1 fully saturated rings. The van der Waals surface area contributed by atoms with Crippen LogP contribution in [-0.2, 0) is 11.0 Å². The van der Waals surface area contributed by atoms with Gasteiger partial charge in [0.25, 0.3) is 0 Å². The van der Waals surface area contributed by atoms with Crippen LogP contribution in [-0.4, -0.2) is 21.0 Å². The van der Waals surface area contributed by atoms with Crippen molar-refractivity contribution in [3.63, 3.8) is 0 Å². The molecule has 1 aliphatic carbocycles. The van der Waals surface area contributed by atoms with Crippen molar-refractivity contribution in [2.75, 3.05) is 0 Å². The molecule has 0 saturated heterocycles. The Bertz CT molecular complexity index is 466. The first-order valence-corrected chi connectivity index (χ1v) is 5.36. The lowest BCUT2D eigenvalue weighted by Crippen LogP contribution is -2.22. The molecule has 98 valence electrons. The Hall–Kier alpha value is -1.66. The van der Waals surface area contributed by atoms with Crippen LogP contribution in [0.25, 0.3) is 0 Å². The van der Waals surface area contributed by atoms with E-state index in [2.05, 4.69) is 9.97 Å². The van der Waals surface area contributed by atoms with Crippen molar-refractivity contribution in [2.24, 2.45) is 5.41 Å². The number of carboxylic acids is 1. The third-order valence-electron chi connectivity index (χ3n) is 3.24. The summed E-state index contributed by atoms with van der Waals surface area (Å²) in [4.78, 5) is 17.6. The summed E-state index contributed by atoms with van der Waals surface area (Å²) in [6.45, 7) is 1.80. The van der Waals surface area contributed by atoms with Gasteiger partial charge in [-0.2, -0.15) is 13.2 Å². The largest absolute Gasteiger partial charge is 0.481 e. The number of rotatable bonds is 3. The number of aliphatic carboxylic acids is 1. The van der Waals surface area contributed by atoms with E-state index in [1.165, 1.54) is 0 Å². The van der Waals surface area contributed by atoms with Gasteiger partial charge >= 0.3 is 12.1 Å². The van der Waals surface area contributed by atoms with Crippen molar-refractivity contribution in [2.45, 2.75) is 31.9 Å². The molecular weight excluding hydrogens is 249 g/mol. The van der Waals surface area contributed by atoms with E-state index in [0.29, 0.717) is 0 Å². The van der Waals surface area contributed by atoms with Crippen molar-refractivity contribution in [3.05, 3.63) is 23.8 Å². The van der Waals surface area contributed by atoms with Crippen LogP contribution in [0.3, 0.4) is 0 Å². The zero-order valence-corrected chi connectivity index (χ0v) is 9.53. The first kappa shape index (κ1) is 12.8. The normalized spacial score (nSPS) is 19.3. The second kappa shape index (κ2) is 3.93. The molecule has 18 heavy (non-hydrogen) atoms. The summed E-state index contributed by atoms with van der Waals surface area (Å²) in [6, 6.07) is 0. The molecule has 2 rings (SSSR count). The van der Waals surface area contributed by atoms with Gasteiger partial charge in [-0.15, -0.1) is 0 Å². The van der Waals surface area contributed by atoms with Crippen LogP contribution >= 0.6 is 0 Å². The van der Waals surface area contributed by atoms with E-state index < -0.39 is 29.3 Å². The highest BCUT2D eigenvalue weighted by molar-refractivity contribution is 5.77. The van der Waals surface area contributed by atoms with Gasteiger partial charge in [0.05, 0.1) is 5.92 Å². The SMILES string of the molecule is CC1(C(C(=O)O)c2cnc(C(F)(F)F)nc2)CC1. The molecular formula is C11H11F3N2O2. The zero-order valence-electron chi connectivity index (χ0n) is 9.53. The van der Waals surface area contributed by atoms with E-state index in [1.807, 2.05) is 0 Å². The standard InChI is InChI=1S/C11H11F3N2O2/c1-10(2-3-10)7(8(17)18)6-4-15-9(16-5-6)11(12,13)14/h4-5,7H,2-3H2,1H3,(H,17,18). The molecule has 4 nitrogen and oxygen atoms in total. The van der Waals surface area contributed by atoms with E-state index >= 15 is 0 Å². The van der Waals surface area contributed by atoms with E-state index in [9.17, 15) is 18.0 Å². The first-order valence-electron chi connectivity index (χ1n) is 5.36. The Balaban J connectivity index is 2.30. The fraction of sp³-hybridized carbons (Fsp3) is 0.545. The summed E-state index contributed by atoms with van der Waals surface area (Å²) < 4.78 is 36.9. The predicted octanol–water partition coefficient (Wildman–Crippen LogP) is 2.46. The maximum atomic E-state index is 12.3. The summed E-state index contributed by atoms with van der Waals surface area (Å²) >= 11 is 0. The Labute approximate surface area is 101 Å². The van der Waals surface area contributed by atoms with E-state index in [4.69, 9.17) is 5.11 Å². The van der Waals surface area contributed by atoms with Crippen LogP contribution in [0.15, 0.2) is 12.4 Å².